The van der Waals surface area contributed by atoms with Crippen LogP contribution in [0.15, 0.2) is 23.6 Å². The maximum Gasteiger partial charge on any atom is 0.311 e. The number of benzene rings is 1. The van der Waals surface area contributed by atoms with Gasteiger partial charge in [-0.15, -0.1) is 23.1 Å². The summed E-state index contributed by atoms with van der Waals surface area (Å²) < 4.78 is 4.98. The Hall–Kier alpha value is -2.13. The molecule has 0 spiro atoms. The Morgan fingerprint density at radius 1 is 1.52 bits per heavy atom. The number of nitro groups is 1. The van der Waals surface area contributed by atoms with Crippen LogP contribution in [0, 0.1) is 10.1 Å². The van der Waals surface area contributed by atoms with Gasteiger partial charge in [0, 0.05) is 23.1 Å². The first-order chi connectivity index (χ1) is 12.1. The first kappa shape index (κ1) is 17.7. The molecule has 1 amide bonds. The predicted molar refractivity (Wildman–Crippen MR) is 98.5 cm³/mol. The molecule has 9 heteroatoms. The van der Waals surface area contributed by atoms with Crippen LogP contribution < -0.4 is 10.1 Å². The van der Waals surface area contributed by atoms with Gasteiger partial charge in [-0.25, -0.2) is 4.98 Å². The Morgan fingerprint density at radius 3 is 3.00 bits per heavy atom. The molecule has 1 fully saturated rings. The summed E-state index contributed by atoms with van der Waals surface area (Å²) in [6.45, 7) is 0. The van der Waals surface area contributed by atoms with Crippen LogP contribution in [0.4, 0.5) is 10.8 Å². The van der Waals surface area contributed by atoms with E-state index >= 15 is 0 Å². The van der Waals surface area contributed by atoms with Crippen molar-refractivity contribution in [3.63, 3.8) is 0 Å². The van der Waals surface area contributed by atoms with Gasteiger partial charge in [-0.3, -0.25) is 14.9 Å². The van der Waals surface area contributed by atoms with Crippen molar-refractivity contribution in [3.8, 4) is 5.75 Å². The van der Waals surface area contributed by atoms with E-state index in [9.17, 15) is 14.9 Å². The van der Waals surface area contributed by atoms with Crippen LogP contribution in [0.3, 0.4) is 0 Å². The van der Waals surface area contributed by atoms with Crippen LogP contribution in [0.1, 0.15) is 30.0 Å². The minimum Gasteiger partial charge on any atom is -0.490 e. The zero-order chi connectivity index (χ0) is 17.8. The molecule has 1 aromatic carbocycles. The fraction of sp³-hybridized carbons (Fsp3) is 0.375. The molecule has 1 aliphatic carbocycles. The molecule has 1 saturated carbocycles. The van der Waals surface area contributed by atoms with Crippen molar-refractivity contribution >= 4 is 39.8 Å². The number of hydrogen-bond donors (Lipinski definition) is 1. The maximum absolute atomic E-state index is 12.0. The minimum atomic E-state index is -0.473. The van der Waals surface area contributed by atoms with Crippen LogP contribution in [0.2, 0.25) is 0 Å². The summed E-state index contributed by atoms with van der Waals surface area (Å²) in [6, 6.07) is 4.81. The van der Waals surface area contributed by atoms with Crippen molar-refractivity contribution < 1.29 is 14.5 Å². The summed E-state index contributed by atoms with van der Waals surface area (Å²) in [5, 5.41) is 16.4. The Labute approximate surface area is 152 Å². The van der Waals surface area contributed by atoms with Gasteiger partial charge >= 0.3 is 5.69 Å². The van der Waals surface area contributed by atoms with E-state index in [1.165, 1.54) is 49.1 Å². The van der Waals surface area contributed by atoms with Crippen molar-refractivity contribution in [3.05, 3.63) is 45.0 Å². The molecule has 7 nitrogen and oxygen atoms in total. The second-order valence-electron chi connectivity index (χ2n) is 5.66. The van der Waals surface area contributed by atoms with Crippen LogP contribution in [0.5, 0.6) is 5.75 Å². The molecule has 1 N–H and O–H groups in total. The molecule has 1 aromatic heterocycles. The SMILES string of the molecule is COc1ccc(CSCC(=O)Nc2nc(C3CC3)cs2)cc1[N+](=O)[O-]. The number of carbonyl (C=O) groups is 1. The number of anilines is 1. The Bertz CT molecular complexity index is 789. The topological polar surface area (TPSA) is 94.4 Å². The molecule has 3 rings (SSSR count). The minimum absolute atomic E-state index is 0.0690. The first-order valence-electron chi connectivity index (χ1n) is 7.71. The smallest absolute Gasteiger partial charge is 0.311 e. The van der Waals surface area contributed by atoms with Gasteiger partial charge in [0.1, 0.15) is 0 Å². The maximum atomic E-state index is 12.0. The molecule has 132 valence electrons. The van der Waals surface area contributed by atoms with E-state index in [1.54, 1.807) is 12.1 Å². The number of amides is 1. The van der Waals surface area contributed by atoms with Crippen LogP contribution in [-0.4, -0.2) is 28.7 Å². The number of aromatic nitrogens is 1. The van der Waals surface area contributed by atoms with Crippen molar-refractivity contribution in [1.82, 2.24) is 4.98 Å². The molecule has 1 aliphatic rings. The van der Waals surface area contributed by atoms with Gasteiger partial charge in [0.25, 0.3) is 0 Å². The molecule has 0 atom stereocenters. The Morgan fingerprint density at radius 2 is 2.32 bits per heavy atom. The van der Waals surface area contributed by atoms with Crippen LogP contribution in [-0.2, 0) is 10.5 Å². The molecule has 2 aromatic rings. The number of carbonyl (C=O) groups excluding carboxylic acids is 1. The molecular weight excluding hydrogens is 362 g/mol. The zero-order valence-electron chi connectivity index (χ0n) is 13.6. The quantitative estimate of drug-likeness (QED) is 0.554. The fourth-order valence-electron chi connectivity index (χ4n) is 2.30. The number of hydrogen-bond acceptors (Lipinski definition) is 7. The molecule has 0 aliphatic heterocycles. The number of rotatable bonds is 8. The predicted octanol–water partition coefficient (Wildman–Crippen LogP) is 3.81. The van der Waals surface area contributed by atoms with E-state index in [-0.39, 0.29) is 23.1 Å². The Balaban J connectivity index is 1.49. The third-order valence-corrected chi connectivity index (χ3v) is 5.49. The largest absolute Gasteiger partial charge is 0.490 e. The summed E-state index contributed by atoms with van der Waals surface area (Å²) in [6.07, 6.45) is 2.36. The summed E-state index contributed by atoms with van der Waals surface area (Å²) in [4.78, 5) is 26.9. The highest BCUT2D eigenvalue weighted by Crippen LogP contribution is 2.40. The summed E-state index contributed by atoms with van der Waals surface area (Å²) in [5.74, 6) is 1.44. The first-order valence-corrected chi connectivity index (χ1v) is 9.74. The Kier molecular flexibility index (Phi) is 5.54. The second-order valence-corrected chi connectivity index (χ2v) is 7.50. The summed E-state index contributed by atoms with van der Waals surface area (Å²) in [7, 11) is 1.40. The average molecular weight is 379 g/mol. The average Bonchev–Trinajstić information content (AvgIpc) is 3.34. The lowest BCUT2D eigenvalue weighted by atomic mass is 10.2. The summed E-state index contributed by atoms with van der Waals surface area (Å²) >= 11 is 2.84. The van der Waals surface area contributed by atoms with Gasteiger partial charge in [0.15, 0.2) is 10.9 Å². The van der Waals surface area contributed by atoms with Crippen LogP contribution in [0.25, 0.3) is 0 Å². The number of thioether (sulfide) groups is 1. The molecule has 0 bridgehead atoms. The lowest BCUT2D eigenvalue weighted by molar-refractivity contribution is -0.385. The van der Waals surface area contributed by atoms with Crippen molar-refractivity contribution in [1.29, 1.82) is 0 Å². The number of nitrogens with zero attached hydrogens (tertiary/aromatic N) is 2. The fourth-order valence-corrected chi connectivity index (χ4v) is 3.88. The van der Waals surface area contributed by atoms with Gasteiger partial charge < -0.3 is 10.1 Å². The van der Waals surface area contributed by atoms with Crippen molar-refractivity contribution in [2.24, 2.45) is 0 Å². The van der Waals surface area contributed by atoms with Crippen LogP contribution >= 0.6 is 23.1 Å². The van der Waals surface area contributed by atoms with Gasteiger partial charge in [-0.1, -0.05) is 6.07 Å². The van der Waals surface area contributed by atoms with Gasteiger partial charge in [-0.05, 0) is 24.5 Å². The van der Waals surface area contributed by atoms with E-state index < -0.39 is 4.92 Å². The number of nitro benzene ring substituents is 1. The standard InChI is InChI=1S/C16H17N3O4S2/c1-23-14-5-2-10(6-13(14)19(21)22)7-24-9-15(20)18-16-17-12(8-25-16)11-3-4-11/h2,5-6,8,11H,3-4,7,9H2,1H3,(H,17,18,20). The molecule has 0 radical (unpaired) electrons. The summed E-state index contributed by atoms with van der Waals surface area (Å²) in [5.41, 5.74) is 1.77. The zero-order valence-corrected chi connectivity index (χ0v) is 15.2. The van der Waals surface area contributed by atoms with E-state index in [0.29, 0.717) is 16.8 Å². The molecule has 1 heterocycles. The lowest BCUT2D eigenvalue weighted by Crippen LogP contribution is -2.14. The number of methoxy groups -OCH3 is 1. The number of thiazole rings is 1. The number of nitrogens with one attached hydrogen (secondary N) is 1. The third-order valence-electron chi connectivity index (χ3n) is 3.71. The highest BCUT2D eigenvalue weighted by Gasteiger charge is 2.26. The van der Waals surface area contributed by atoms with E-state index in [2.05, 4.69) is 10.3 Å². The molecule has 0 saturated heterocycles. The van der Waals surface area contributed by atoms with E-state index in [1.807, 2.05) is 5.38 Å². The molecule has 0 unspecified atom stereocenters. The normalized spacial score (nSPS) is 13.5. The highest BCUT2D eigenvalue weighted by molar-refractivity contribution is 7.99. The van der Waals surface area contributed by atoms with Gasteiger partial charge in [0.05, 0.1) is 23.5 Å². The lowest BCUT2D eigenvalue weighted by Gasteiger charge is -2.05. The van der Waals surface area contributed by atoms with Gasteiger partial charge in [0.2, 0.25) is 5.91 Å². The second kappa shape index (κ2) is 7.83. The van der Waals surface area contributed by atoms with E-state index in [4.69, 9.17) is 4.74 Å². The monoisotopic (exact) mass is 379 g/mol. The van der Waals surface area contributed by atoms with Crippen molar-refractivity contribution in [2.75, 3.05) is 18.2 Å². The van der Waals surface area contributed by atoms with E-state index in [0.717, 1.165) is 11.3 Å². The third kappa shape index (κ3) is 4.70. The molecule has 25 heavy (non-hydrogen) atoms. The highest BCUT2D eigenvalue weighted by atomic mass is 32.2. The van der Waals surface area contributed by atoms with Gasteiger partial charge in [-0.2, -0.15) is 0 Å². The number of ether oxygens (including phenoxy) is 1. The molecular formula is C16H17N3O4S2. The van der Waals surface area contributed by atoms with Crippen molar-refractivity contribution in [2.45, 2.75) is 24.5 Å².